The molecule has 5 rings (SSSR count). The van der Waals surface area contributed by atoms with Crippen LogP contribution in [0.1, 0.15) is 85.7 Å². The standard InChI is InChI=1S/C34H41NO9/c1-14(2)18-11-19(16-7-9-17(10-8-16)31(42)43)25(36)21-20(18)12-32(5)13-33(6)23(15(3)4)27(38)22(30(35)41)28(39)34(33,44)29(40)24(32)26(21)37/h7-11,14-15,22-24,27,29,36,38,40,44H,12-13H2,1-6H3,(H2,35,41)(H,42,43)/t22-,23+,24-,27?,29?,32-,33-,34+/m1/s1. The van der Waals surface area contributed by atoms with Crippen LogP contribution in [0.4, 0.5) is 0 Å². The van der Waals surface area contributed by atoms with Gasteiger partial charge >= 0.3 is 5.97 Å². The van der Waals surface area contributed by atoms with Crippen LogP contribution in [0, 0.1) is 34.5 Å². The molecule has 3 aliphatic rings. The first-order chi connectivity index (χ1) is 20.3. The van der Waals surface area contributed by atoms with E-state index in [1.54, 1.807) is 26.8 Å². The van der Waals surface area contributed by atoms with Crippen LogP contribution >= 0.6 is 0 Å². The van der Waals surface area contributed by atoms with Gasteiger partial charge in [-0.2, -0.15) is 0 Å². The van der Waals surface area contributed by atoms with E-state index in [1.807, 2.05) is 20.8 Å². The van der Waals surface area contributed by atoms with Crippen molar-refractivity contribution in [2.24, 2.45) is 40.2 Å². The number of Topliss-reactive ketones (excluding diaryl/α,β-unsaturated/α-hetero) is 2. The van der Waals surface area contributed by atoms with Crippen molar-refractivity contribution in [3.63, 3.8) is 0 Å². The Balaban J connectivity index is 1.73. The Labute approximate surface area is 255 Å². The number of carbonyl (C=O) groups excluding carboxylic acids is 3. The van der Waals surface area contributed by atoms with Gasteiger partial charge in [-0.05, 0) is 70.9 Å². The van der Waals surface area contributed by atoms with Gasteiger partial charge in [-0.25, -0.2) is 4.79 Å². The van der Waals surface area contributed by atoms with Crippen LogP contribution < -0.4 is 5.73 Å². The number of rotatable bonds is 5. The number of primary amides is 1. The molecule has 0 aliphatic heterocycles. The van der Waals surface area contributed by atoms with Gasteiger partial charge in [-0.1, -0.05) is 53.7 Å². The van der Waals surface area contributed by atoms with E-state index in [9.17, 15) is 44.7 Å². The second-order valence-corrected chi connectivity index (χ2v) is 14.2. The van der Waals surface area contributed by atoms with E-state index in [2.05, 4.69) is 0 Å². The minimum absolute atomic E-state index is 0.0163. The highest BCUT2D eigenvalue weighted by atomic mass is 16.4. The quantitative estimate of drug-likeness (QED) is 0.277. The minimum atomic E-state index is -2.58. The van der Waals surface area contributed by atoms with Crippen LogP contribution in [0.3, 0.4) is 0 Å². The molecule has 8 atom stereocenters. The number of carboxylic acids is 1. The Hall–Kier alpha value is -3.60. The fourth-order valence-electron chi connectivity index (χ4n) is 9.15. The van der Waals surface area contributed by atoms with E-state index >= 15 is 0 Å². The molecule has 10 nitrogen and oxygen atoms in total. The number of aromatic carboxylic acids is 1. The SMILES string of the molecule is CC(C)c1cc(-c2ccc(C(=O)O)cc2)c(O)c2c1C[C@]1(C)C[C@]3(C)[C@@H](C(C)C)C(O)[C@@H](C(N)=O)C(=O)[C@]3(O)C(O)[C@H]1C2=O. The highest BCUT2D eigenvalue weighted by molar-refractivity contribution is 6.10. The third-order valence-electron chi connectivity index (χ3n) is 10.9. The van der Waals surface area contributed by atoms with Gasteiger partial charge in [0.15, 0.2) is 17.2 Å². The lowest BCUT2D eigenvalue weighted by Crippen LogP contribution is -2.79. The van der Waals surface area contributed by atoms with Crippen molar-refractivity contribution in [3.05, 3.63) is 52.6 Å². The lowest BCUT2D eigenvalue weighted by atomic mass is 9.39. The number of aromatic hydroxyl groups is 1. The molecule has 236 valence electrons. The molecule has 2 unspecified atom stereocenters. The second kappa shape index (κ2) is 10.2. The van der Waals surface area contributed by atoms with Gasteiger partial charge < -0.3 is 31.3 Å². The predicted molar refractivity (Wildman–Crippen MR) is 160 cm³/mol. The molecule has 7 N–H and O–H groups in total. The number of aliphatic hydroxyl groups is 3. The molecule has 0 bridgehead atoms. The lowest BCUT2D eigenvalue weighted by molar-refractivity contribution is -0.265. The van der Waals surface area contributed by atoms with Gasteiger partial charge in [0, 0.05) is 11.0 Å². The smallest absolute Gasteiger partial charge is 0.335 e. The van der Waals surface area contributed by atoms with Crippen LogP contribution in [-0.4, -0.2) is 66.8 Å². The Morgan fingerprint density at radius 1 is 1.02 bits per heavy atom. The molecular formula is C34H41NO9. The summed E-state index contributed by atoms with van der Waals surface area (Å²) in [5, 5.41) is 56.6. The van der Waals surface area contributed by atoms with Crippen LogP contribution in [0.15, 0.2) is 30.3 Å². The molecule has 0 spiro atoms. The van der Waals surface area contributed by atoms with Crippen molar-refractivity contribution in [3.8, 4) is 16.9 Å². The number of ketones is 2. The third kappa shape index (κ3) is 4.10. The maximum Gasteiger partial charge on any atom is 0.335 e. The number of nitrogens with two attached hydrogens (primary N) is 1. The second-order valence-electron chi connectivity index (χ2n) is 14.2. The maximum absolute atomic E-state index is 14.6. The summed E-state index contributed by atoms with van der Waals surface area (Å²) in [7, 11) is 0. The van der Waals surface area contributed by atoms with Crippen LogP contribution in [0.25, 0.3) is 11.1 Å². The molecular weight excluding hydrogens is 566 g/mol. The van der Waals surface area contributed by atoms with Crippen molar-refractivity contribution in [1.82, 2.24) is 0 Å². The highest BCUT2D eigenvalue weighted by Crippen LogP contribution is 2.66. The average Bonchev–Trinajstić information content (AvgIpc) is 2.90. The first-order valence-corrected chi connectivity index (χ1v) is 15.0. The Morgan fingerprint density at radius 2 is 1.61 bits per heavy atom. The molecule has 10 heteroatoms. The number of hydrogen-bond acceptors (Lipinski definition) is 8. The molecule has 2 aromatic carbocycles. The number of carbonyl (C=O) groups is 4. The van der Waals surface area contributed by atoms with Gasteiger partial charge in [0.05, 0.1) is 23.1 Å². The summed E-state index contributed by atoms with van der Waals surface area (Å²) in [5.41, 5.74) is 2.75. The van der Waals surface area contributed by atoms with Crippen molar-refractivity contribution >= 4 is 23.4 Å². The first kappa shape index (κ1) is 31.8. The Morgan fingerprint density at radius 3 is 2.11 bits per heavy atom. The Bertz CT molecular complexity index is 1580. The molecule has 0 saturated heterocycles. The number of hydrogen-bond donors (Lipinski definition) is 6. The normalized spacial score (nSPS) is 34.8. The van der Waals surface area contributed by atoms with Gasteiger partial charge in [-0.3, -0.25) is 14.4 Å². The molecule has 0 radical (unpaired) electrons. The summed E-state index contributed by atoms with van der Waals surface area (Å²) < 4.78 is 0. The molecule has 2 saturated carbocycles. The zero-order valence-electron chi connectivity index (χ0n) is 25.8. The van der Waals surface area contributed by atoms with Crippen LogP contribution in [0.2, 0.25) is 0 Å². The molecule has 2 aromatic rings. The van der Waals surface area contributed by atoms with E-state index in [0.717, 1.165) is 5.56 Å². The number of fused-ring (bicyclic) bond motifs is 3. The van der Waals surface area contributed by atoms with Gasteiger partial charge in [-0.15, -0.1) is 0 Å². The van der Waals surface area contributed by atoms with Crippen molar-refractivity contribution in [2.45, 2.75) is 78.1 Å². The van der Waals surface area contributed by atoms with E-state index < -0.39 is 69.8 Å². The molecule has 44 heavy (non-hydrogen) atoms. The zero-order chi connectivity index (χ0) is 32.8. The lowest BCUT2D eigenvalue weighted by Gasteiger charge is -2.66. The fraction of sp³-hybridized carbons (Fsp3) is 0.529. The summed E-state index contributed by atoms with van der Waals surface area (Å²) in [6.45, 7) is 11.0. The number of aliphatic hydroxyl groups excluding tert-OH is 2. The third-order valence-corrected chi connectivity index (χ3v) is 10.9. The molecule has 3 aliphatic carbocycles. The highest BCUT2D eigenvalue weighted by Gasteiger charge is 2.76. The largest absolute Gasteiger partial charge is 0.507 e. The van der Waals surface area contributed by atoms with E-state index in [0.29, 0.717) is 16.7 Å². The predicted octanol–water partition coefficient (Wildman–Crippen LogP) is 3.06. The summed E-state index contributed by atoms with van der Waals surface area (Å²) in [6, 6.07) is 7.67. The number of phenolic OH excluding ortho intramolecular Hbond substituents is 1. The number of phenols is 1. The minimum Gasteiger partial charge on any atom is -0.507 e. The molecule has 0 aromatic heterocycles. The topological polar surface area (TPSA) is 195 Å². The number of carboxylic acid groups (broad SMARTS) is 1. The monoisotopic (exact) mass is 607 g/mol. The number of amides is 1. The number of benzene rings is 2. The molecule has 0 heterocycles. The van der Waals surface area contributed by atoms with Gasteiger partial charge in [0.1, 0.15) is 17.8 Å². The molecule has 1 amide bonds. The van der Waals surface area contributed by atoms with Gasteiger partial charge in [0.2, 0.25) is 5.91 Å². The Kier molecular flexibility index (Phi) is 7.39. The first-order valence-electron chi connectivity index (χ1n) is 15.0. The maximum atomic E-state index is 14.6. The van der Waals surface area contributed by atoms with E-state index in [1.165, 1.54) is 24.3 Å². The summed E-state index contributed by atoms with van der Waals surface area (Å²) in [6.07, 6.45) is -3.16. The van der Waals surface area contributed by atoms with E-state index in [-0.39, 0.29) is 41.6 Å². The summed E-state index contributed by atoms with van der Waals surface area (Å²) in [5.74, 6) is -8.66. The zero-order valence-corrected chi connectivity index (χ0v) is 25.8. The van der Waals surface area contributed by atoms with Crippen molar-refractivity contribution in [1.29, 1.82) is 0 Å². The van der Waals surface area contributed by atoms with Crippen molar-refractivity contribution < 1.29 is 44.7 Å². The molecule has 2 fully saturated rings. The van der Waals surface area contributed by atoms with Crippen molar-refractivity contribution in [2.75, 3.05) is 0 Å². The summed E-state index contributed by atoms with van der Waals surface area (Å²) >= 11 is 0. The van der Waals surface area contributed by atoms with Crippen LogP contribution in [-0.2, 0) is 16.0 Å². The summed E-state index contributed by atoms with van der Waals surface area (Å²) in [4.78, 5) is 52.3. The fourth-order valence-corrected chi connectivity index (χ4v) is 9.15. The van der Waals surface area contributed by atoms with Gasteiger partial charge in [0.25, 0.3) is 0 Å². The van der Waals surface area contributed by atoms with E-state index in [4.69, 9.17) is 5.73 Å². The van der Waals surface area contributed by atoms with Crippen LogP contribution in [0.5, 0.6) is 5.75 Å². The average molecular weight is 608 g/mol.